The number of amides is 3. The zero-order valence-corrected chi connectivity index (χ0v) is 17.6. The lowest BCUT2D eigenvalue weighted by molar-refractivity contribution is -0.142. The van der Waals surface area contributed by atoms with E-state index < -0.39 is 35.7 Å². The van der Waals surface area contributed by atoms with Gasteiger partial charge in [0.25, 0.3) is 0 Å². The summed E-state index contributed by atoms with van der Waals surface area (Å²) >= 11 is 0. The first-order chi connectivity index (χ1) is 13.0. The van der Waals surface area contributed by atoms with Gasteiger partial charge in [0.15, 0.2) is 0 Å². The van der Waals surface area contributed by atoms with Gasteiger partial charge in [-0.25, -0.2) is 4.79 Å². The van der Waals surface area contributed by atoms with Crippen molar-refractivity contribution in [3.63, 3.8) is 0 Å². The minimum absolute atomic E-state index is 0.0734. The Morgan fingerprint density at radius 3 is 2.46 bits per heavy atom. The monoisotopic (exact) mass is 395 g/mol. The van der Waals surface area contributed by atoms with E-state index in [1.165, 1.54) is 11.9 Å². The molecule has 2 fully saturated rings. The predicted molar refractivity (Wildman–Crippen MR) is 104 cm³/mol. The fraction of sp³-hybridized carbons (Fsp3) is 0.800. The number of likely N-dealkylation sites (N-methyl/N-ethyl adjacent to an activating group) is 1. The summed E-state index contributed by atoms with van der Waals surface area (Å²) in [6.07, 6.45) is 4.96. The summed E-state index contributed by atoms with van der Waals surface area (Å²) in [5, 5.41) is 2.80. The number of carbonyl (C=O) groups excluding carboxylic acids is 4. The lowest BCUT2D eigenvalue weighted by atomic mass is 9.98. The Kier molecular flexibility index (Phi) is 7.06. The number of nitrogens with zero attached hydrogens (tertiary/aromatic N) is 2. The first-order valence-corrected chi connectivity index (χ1v) is 10.1. The molecule has 0 aromatic rings. The normalized spacial score (nSPS) is 26.5. The van der Waals surface area contributed by atoms with Gasteiger partial charge in [-0.1, -0.05) is 12.8 Å². The SMILES string of the molecule is CC(C(=O)NC1CCCCC2CCC(C=O)N2C1=O)N(C)C(=O)OC(C)(C)C. The topological polar surface area (TPSA) is 96.0 Å². The number of hydrogen-bond acceptors (Lipinski definition) is 5. The zero-order chi connectivity index (χ0) is 21.1. The molecule has 2 aliphatic heterocycles. The Morgan fingerprint density at radius 1 is 1.21 bits per heavy atom. The van der Waals surface area contributed by atoms with Crippen LogP contribution in [-0.2, 0) is 19.1 Å². The van der Waals surface area contributed by atoms with E-state index in [9.17, 15) is 19.2 Å². The number of rotatable bonds is 4. The van der Waals surface area contributed by atoms with Crippen molar-refractivity contribution in [2.24, 2.45) is 0 Å². The summed E-state index contributed by atoms with van der Waals surface area (Å²) in [6, 6.07) is -1.80. The van der Waals surface area contributed by atoms with E-state index in [4.69, 9.17) is 4.74 Å². The second-order valence-electron chi connectivity index (χ2n) is 8.79. The molecule has 2 saturated heterocycles. The second kappa shape index (κ2) is 8.92. The molecule has 2 aliphatic rings. The molecule has 28 heavy (non-hydrogen) atoms. The first-order valence-electron chi connectivity index (χ1n) is 10.1. The third kappa shape index (κ3) is 5.23. The van der Waals surface area contributed by atoms with E-state index in [0.717, 1.165) is 32.0 Å². The van der Waals surface area contributed by atoms with Gasteiger partial charge in [-0.05, 0) is 53.4 Å². The van der Waals surface area contributed by atoms with E-state index in [1.807, 2.05) is 0 Å². The van der Waals surface area contributed by atoms with Crippen LogP contribution < -0.4 is 5.32 Å². The fourth-order valence-corrected chi connectivity index (χ4v) is 3.80. The first kappa shape index (κ1) is 22.2. The van der Waals surface area contributed by atoms with Crippen LogP contribution in [0.4, 0.5) is 4.79 Å². The second-order valence-corrected chi connectivity index (χ2v) is 8.79. The van der Waals surface area contributed by atoms with Crippen LogP contribution in [-0.4, -0.2) is 70.8 Å². The van der Waals surface area contributed by atoms with Crippen LogP contribution in [0.2, 0.25) is 0 Å². The van der Waals surface area contributed by atoms with Gasteiger partial charge in [-0.15, -0.1) is 0 Å². The fourth-order valence-electron chi connectivity index (χ4n) is 3.80. The van der Waals surface area contributed by atoms with Crippen LogP contribution in [0.15, 0.2) is 0 Å². The summed E-state index contributed by atoms with van der Waals surface area (Å²) < 4.78 is 5.30. The molecule has 0 aromatic carbocycles. The maximum atomic E-state index is 13.0. The molecule has 3 amide bonds. The minimum atomic E-state index is -0.788. The quantitative estimate of drug-likeness (QED) is 0.733. The highest BCUT2D eigenvalue weighted by Gasteiger charge is 2.41. The molecule has 0 saturated carbocycles. The van der Waals surface area contributed by atoms with Crippen molar-refractivity contribution in [2.45, 2.75) is 96.0 Å². The van der Waals surface area contributed by atoms with Gasteiger partial charge in [-0.3, -0.25) is 14.5 Å². The Balaban J connectivity index is 2.05. The predicted octanol–water partition coefficient (Wildman–Crippen LogP) is 1.86. The van der Waals surface area contributed by atoms with Crippen molar-refractivity contribution in [3.05, 3.63) is 0 Å². The molecule has 4 atom stereocenters. The van der Waals surface area contributed by atoms with Crippen LogP contribution in [0, 0.1) is 0 Å². The van der Waals surface area contributed by atoms with Crippen LogP contribution in [0.1, 0.15) is 66.2 Å². The van der Waals surface area contributed by atoms with E-state index in [-0.39, 0.29) is 11.9 Å². The molecule has 158 valence electrons. The van der Waals surface area contributed by atoms with Crippen molar-refractivity contribution >= 4 is 24.2 Å². The summed E-state index contributed by atoms with van der Waals surface area (Å²) in [5.41, 5.74) is -0.661. The average molecular weight is 396 g/mol. The van der Waals surface area contributed by atoms with Gasteiger partial charge in [-0.2, -0.15) is 0 Å². The zero-order valence-electron chi connectivity index (χ0n) is 17.6. The van der Waals surface area contributed by atoms with Gasteiger partial charge >= 0.3 is 6.09 Å². The van der Waals surface area contributed by atoms with Crippen LogP contribution in [0.25, 0.3) is 0 Å². The highest BCUT2D eigenvalue weighted by atomic mass is 16.6. The molecule has 8 nitrogen and oxygen atoms in total. The molecule has 0 aromatic heterocycles. The smallest absolute Gasteiger partial charge is 0.410 e. The van der Waals surface area contributed by atoms with Crippen LogP contribution in [0.5, 0.6) is 0 Å². The molecule has 0 aliphatic carbocycles. The number of ether oxygens (including phenoxy) is 1. The Bertz CT molecular complexity index is 615. The van der Waals surface area contributed by atoms with Crippen molar-refractivity contribution < 1.29 is 23.9 Å². The summed E-state index contributed by atoms with van der Waals surface area (Å²) in [5.74, 6) is -0.606. The maximum absolute atomic E-state index is 13.0. The van der Waals surface area contributed by atoms with Gasteiger partial charge in [0.2, 0.25) is 11.8 Å². The minimum Gasteiger partial charge on any atom is -0.444 e. The number of hydrogen-bond donors (Lipinski definition) is 1. The molecule has 0 bridgehead atoms. The third-order valence-corrected chi connectivity index (χ3v) is 5.49. The molecule has 0 radical (unpaired) electrons. The number of carbonyl (C=O) groups is 4. The Morgan fingerprint density at radius 2 is 1.86 bits per heavy atom. The lowest BCUT2D eigenvalue weighted by Crippen LogP contribution is -2.56. The molecule has 8 heteroatoms. The van der Waals surface area contributed by atoms with Crippen molar-refractivity contribution in [1.82, 2.24) is 15.1 Å². The van der Waals surface area contributed by atoms with E-state index in [0.29, 0.717) is 12.8 Å². The molecular formula is C20H33N3O5. The highest BCUT2D eigenvalue weighted by molar-refractivity contribution is 5.92. The van der Waals surface area contributed by atoms with Gasteiger partial charge in [0, 0.05) is 13.1 Å². The van der Waals surface area contributed by atoms with E-state index in [2.05, 4.69) is 5.32 Å². The largest absolute Gasteiger partial charge is 0.444 e. The van der Waals surface area contributed by atoms with E-state index in [1.54, 1.807) is 32.6 Å². The van der Waals surface area contributed by atoms with Crippen molar-refractivity contribution in [3.8, 4) is 0 Å². The van der Waals surface area contributed by atoms with E-state index >= 15 is 0 Å². The Hall–Kier alpha value is -2.12. The Labute approximate surface area is 166 Å². The van der Waals surface area contributed by atoms with Gasteiger partial charge < -0.3 is 19.7 Å². The molecule has 4 unspecified atom stereocenters. The van der Waals surface area contributed by atoms with Gasteiger partial charge in [0.05, 0.1) is 6.04 Å². The van der Waals surface area contributed by atoms with Crippen molar-refractivity contribution in [1.29, 1.82) is 0 Å². The van der Waals surface area contributed by atoms with Gasteiger partial charge in [0.1, 0.15) is 24.0 Å². The maximum Gasteiger partial charge on any atom is 0.410 e. The van der Waals surface area contributed by atoms with Crippen molar-refractivity contribution in [2.75, 3.05) is 7.05 Å². The molecule has 1 N–H and O–H groups in total. The third-order valence-electron chi connectivity index (χ3n) is 5.49. The molecule has 2 rings (SSSR count). The molecule has 2 heterocycles. The average Bonchev–Trinajstić information content (AvgIpc) is 3.01. The summed E-state index contributed by atoms with van der Waals surface area (Å²) in [6.45, 7) is 6.87. The van der Waals surface area contributed by atoms with Crippen LogP contribution in [0.3, 0.4) is 0 Å². The molecular weight excluding hydrogens is 362 g/mol. The highest BCUT2D eigenvalue weighted by Crippen LogP contribution is 2.30. The number of fused-ring (bicyclic) bond motifs is 1. The molecule has 0 spiro atoms. The summed E-state index contributed by atoms with van der Waals surface area (Å²) in [4.78, 5) is 52.2. The number of aldehydes is 1. The van der Waals surface area contributed by atoms with Crippen LogP contribution >= 0.6 is 0 Å². The standard InChI is InChI=1S/C20H33N3O5/c1-13(22(5)19(27)28-20(2,3)4)17(25)21-16-9-7-6-8-14-10-11-15(12-24)23(14)18(16)26/h12-16H,6-11H2,1-5H3,(H,21,25). The number of nitrogens with one attached hydrogen (secondary N) is 1. The lowest BCUT2D eigenvalue weighted by Gasteiger charge is -2.35. The summed E-state index contributed by atoms with van der Waals surface area (Å²) in [7, 11) is 1.50.